The third-order valence-corrected chi connectivity index (χ3v) is 1.27. The van der Waals surface area contributed by atoms with Crippen molar-refractivity contribution in [3.05, 3.63) is 22.9 Å². The lowest BCUT2D eigenvalue weighted by atomic mass is 10.6. The highest BCUT2D eigenvalue weighted by molar-refractivity contribution is 4.82. The minimum Gasteiger partial charge on any atom is -0.335 e. The summed E-state index contributed by atoms with van der Waals surface area (Å²) in [5, 5.41) is 0. The molecule has 10 heavy (non-hydrogen) atoms. The molecule has 0 spiro atoms. The summed E-state index contributed by atoms with van der Waals surface area (Å²) in [5.41, 5.74) is 5.13. The van der Waals surface area contributed by atoms with Gasteiger partial charge in [-0.3, -0.25) is 4.57 Å². The number of hydrogen-bond donors (Lipinski definition) is 2. The Labute approximate surface area is 57.8 Å². The summed E-state index contributed by atoms with van der Waals surface area (Å²) >= 11 is 0. The average Bonchev–Trinajstić information content (AvgIpc) is 2.14. The molecule has 1 unspecified atom stereocenters. The predicted molar refractivity (Wildman–Crippen MR) is 37.7 cm³/mol. The molecule has 0 saturated carbocycles. The fraction of sp³-hybridized carbons (Fsp3) is 0.400. The fourth-order valence-electron chi connectivity index (χ4n) is 0.714. The van der Waals surface area contributed by atoms with Crippen LogP contribution in [0, 0.1) is 0 Å². The summed E-state index contributed by atoms with van der Waals surface area (Å²) in [5.74, 6) is 5.21. The molecule has 0 saturated heterocycles. The molecule has 4 N–H and O–H groups in total. The molecule has 1 rings (SSSR count). The van der Waals surface area contributed by atoms with Gasteiger partial charge in [0.05, 0.1) is 6.17 Å². The van der Waals surface area contributed by atoms with Crippen molar-refractivity contribution < 1.29 is 0 Å². The predicted octanol–water partition coefficient (Wildman–Crippen LogP) is -1.16. The zero-order valence-corrected chi connectivity index (χ0v) is 5.69. The van der Waals surface area contributed by atoms with Gasteiger partial charge in [0.15, 0.2) is 0 Å². The number of nitrogen functional groups attached to an aromatic ring is 1. The van der Waals surface area contributed by atoms with Gasteiger partial charge >= 0.3 is 5.69 Å². The van der Waals surface area contributed by atoms with E-state index in [-0.39, 0.29) is 11.9 Å². The van der Waals surface area contributed by atoms with Crippen LogP contribution in [0.3, 0.4) is 0 Å². The van der Waals surface area contributed by atoms with Crippen LogP contribution in [0.25, 0.3) is 0 Å². The lowest BCUT2D eigenvalue weighted by Crippen LogP contribution is -2.32. The molecule has 5 heteroatoms. The van der Waals surface area contributed by atoms with Gasteiger partial charge < -0.3 is 11.6 Å². The van der Waals surface area contributed by atoms with Crippen molar-refractivity contribution in [1.82, 2.24) is 9.24 Å². The van der Waals surface area contributed by atoms with E-state index in [4.69, 9.17) is 11.6 Å². The van der Waals surface area contributed by atoms with Crippen LogP contribution in [0.1, 0.15) is 13.1 Å². The van der Waals surface area contributed by atoms with E-state index in [0.717, 1.165) is 4.68 Å². The molecule has 0 fully saturated rings. The fourth-order valence-corrected chi connectivity index (χ4v) is 0.714. The van der Waals surface area contributed by atoms with Crippen LogP contribution in [-0.4, -0.2) is 9.24 Å². The maximum atomic E-state index is 10.9. The number of aromatic nitrogens is 2. The molecule has 0 aromatic carbocycles. The van der Waals surface area contributed by atoms with Gasteiger partial charge in [-0.25, -0.2) is 9.47 Å². The van der Waals surface area contributed by atoms with Crippen LogP contribution in [0.5, 0.6) is 0 Å². The van der Waals surface area contributed by atoms with Crippen molar-refractivity contribution in [3.8, 4) is 0 Å². The monoisotopic (exact) mass is 142 g/mol. The quantitative estimate of drug-likeness (QED) is 0.485. The van der Waals surface area contributed by atoms with Crippen molar-refractivity contribution in [3.63, 3.8) is 0 Å². The van der Waals surface area contributed by atoms with E-state index in [2.05, 4.69) is 0 Å². The number of imidazole rings is 1. The Balaban J connectivity index is 3.18. The van der Waals surface area contributed by atoms with Crippen LogP contribution < -0.4 is 17.3 Å². The van der Waals surface area contributed by atoms with Gasteiger partial charge in [0.1, 0.15) is 0 Å². The van der Waals surface area contributed by atoms with Gasteiger partial charge in [0, 0.05) is 12.4 Å². The van der Waals surface area contributed by atoms with E-state index in [1.54, 1.807) is 13.1 Å². The van der Waals surface area contributed by atoms with Crippen molar-refractivity contribution in [2.45, 2.75) is 13.1 Å². The van der Waals surface area contributed by atoms with Gasteiger partial charge in [-0.15, -0.1) is 0 Å². The summed E-state index contributed by atoms with van der Waals surface area (Å²) in [4.78, 5) is 10.9. The van der Waals surface area contributed by atoms with Gasteiger partial charge in [-0.05, 0) is 6.92 Å². The third kappa shape index (κ3) is 0.906. The Kier molecular flexibility index (Phi) is 1.50. The van der Waals surface area contributed by atoms with Gasteiger partial charge in [-0.2, -0.15) is 0 Å². The average molecular weight is 142 g/mol. The second-order valence-corrected chi connectivity index (χ2v) is 2.14. The summed E-state index contributed by atoms with van der Waals surface area (Å²) in [6.07, 6.45) is 2.69. The zero-order chi connectivity index (χ0) is 7.72. The molecule has 1 aromatic rings. The van der Waals surface area contributed by atoms with E-state index in [9.17, 15) is 4.79 Å². The summed E-state index contributed by atoms with van der Waals surface area (Å²) in [6.45, 7) is 1.71. The van der Waals surface area contributed by atoms with Crippen LogP contribution in [0.15, 0.2) is 17.2 Å². The topological polar surface area (TPSA) is 79.0 Å². The molecule has 0 aliphatic rings. The Bertz CT molecular complexity index is 271. The normalized spacial score (nSPS) is 13.4. The molecule has 1 aromatic heterocycles. The van der Waals surface area contributed by atoms with E-state index in [1.165, 1.54) is 10.8 Å². The van der Waals surface area contributed by atoms with Crippen LogP contribution in [0.2, 0.25) is 0 Å². The first-order valence-electron chi connectivity index (χ1n) is 2.93. The SMILES string of the molecule is CC(N)n1ccn(N)c1=O. The number of nitrogens with two attached hydrogens (primary N) is 2. The number of nitrogens with zero attached hydrogens (tertiary/aromatic N) is 2. The number of rotatable bonds is 1. The molecular formula is C5H10N4O. The number of hydrogen-bond acceptors (Lipinski definition) is 3. The van der Waals surface area contributed by atoms with Crippen molar-refractivity contribution in [1.29, 1.82) is 0 Å². The molecule has 1 atom stereocenters. The second-order valence-electron chi connectivity index (χ2n) is 2.14. The lowest BCUT2D eigenvalue weighted by Gasteiger charge is -2.02. The highest BCUT2D eigenvalue weighted by Crippen LogP contribution is 1.89. The Morgan fingerprint density at radius 3 is 2.40 bits per heavy atom. The van der Waals surface area contributed by atoms with E-state index < -0.39 is 0 Å². The molecule has 0 amide bonds. The van der Waals surface area contributed by atoms with Gasteiger partial charge in [0.25, 0.3) is 0 Å². The smallest absolute Gasteiger partial charge is 0.335 e. The zero-order valence-electron chi connectivity index (χ0n) is 5.69. The maximum Gasteiger partial charge on any atom is 0.347 e. The minimum absolute atomic E-state index is 0.296. The van der Waals surface area contributed by atoms with Crippen LogP contribution in [0.4, 0.5) is 0 Å². The standard InChI is InChI=1S/C5H10N4O/c1-4(6)8-2-3-9(7)5(8)10/h2-4H,6-7H2,1H3. The Morgan fingerprint density at radius 1 is 1.60 bits per heavy atom. The van der Waals surface area contributed by atoms with Crippen LogP contribution >= 0.6 is 0 Å². The summed E-state index contributed by atoms with van der Waals surface area (Å²) < 4.78 is 2.34. The molecule has 0 bridgehead atoms. The molecular weight excluding hydrogens is 132 g/mol. The summed E-state index contributed by atoms with van der Waals surface area (Å²) in [7, 11) is 0. The van der Waals surface area contributed by atoms with Crippen molar-refractivity contribution in [2.24, 2.45) is 5.73 Å². The minimum atomic E-state index is -0.322. The first kappa shape index (κ1) is 6.88. The Morgan fingerprint density at radius 2 is 2.20 bits per heavy atom. The van der Waals surface area contributed by atoms with Gasteiger partial charge in [0.2, 0.25) is 0 Å². The van der Waals surface area contributed by atoms with E-state index in [0.29, 0.717) is 0 Å². The third-order valence-electron chi connectivity index (χ3n) is 1.27. The largest absolute Gasteiger partial charge is 0.347 e. The first-order valence-corrected chi connectivity index (χ1v) is 2.93. The van der Waals surface area contributed by atoms with Crippen LogP contribution in [-0.2, 0) is 0 Å². The molecule has 56 valence electrons. The highest BCUT2D eigenvalue weighted by atomic mass is 16.2. The van der Waals surface area contributed by atoms with E-state index in [1.807, 2.05) is 0 Å². The molecule has 0 radical (unpaired) electrons. The molecule has 5 nitrogen and oxygen atoms in total. The van der Waals surface area contributed by atoms with Crippen molar-refractivity contribution >= 4 is 0 Å². The summed E-state index contributed by atoms with van der Waals surface area (Å²) in [6, 6.07) is 0. The second kappa shape index (κ2) is 2.18. The molecule has 0 aliphatic carbocycles. The molecule has 1 heterocycles. The molecule has 0 aliphatic heterocycles. The maximum absolute atomic E-state index is 10.9. The Hall–Kier alpha value is -1.23. The lowest BCUT2D eigenvalue weighted by molar-refractivity contribution is 0.546. The van der Waals surface area contributed by atoms with Crippen molar-refractivity contribution in [2.75, 3.05) is 5.84 Å². The first-order chi connectivity index (χ1) is 4.63. The highest BCUT2D eigenvalue weighted by Gasteiger charge is 2.02. The van der Waals surface area contributed by atoms with E-state index >= 15 is 0 Å². The van der Waals surface area contributed by atoms with Gasteiger partial charge in [-0.1, -0.05) is 0 Å².